The molecule has 0 radical (unpaired) electrons. The summed E-state index contributed by atoms with van der Waals surface area (Å²) in [4.78, 5) is 40.8. The monoisotopic (exact) mass is 553 g/mol. The van der Waals surface area contributed by atoms with E-state index in [0.717, 1.165) is 45.5 Å². The van der Waals surface area contributed by atoms with Gasteiger partial charge in [0.1, 0.15) is 12.4 Å². The molecule has 0 saturated carbocycles. The van der Waals surface area contributed by atoms with Gasteiger partial charge in [-0.15, -0.1) is 0 Å². The van der Waals surface area contributed by atoms with Gasteiger partial charge in [0.05, 0.1) is 21.2 Å². The maximum Gasteiger partial charge on any atom is 0.315 e. The van der Waals surface area contributed by atoms with Crippen LogP contribution in [0.3, 0.4) is 0 Å². The maximum atomic E-state index is 12.8. The second-order valence-electron chi connectivity index (χ2n) is 8.65. The van der Waals surface area contributed by atoms with Gasteiger partial charge >= 0.3 is 4.87 Å². The van der Waals surface area contributed by atoms with Crippen molar-refractivity contribution in [2.45, 2.75) is 6.61 Å². The average Bonchev–Trinajstić information content (AvgIpc) is 3.58. The Morgan fingerprint density at radius 1 is 0.974 bits per heavy atom. The van der Waals surface area contributed by atoms with E-state index < -0.39 is 11.1 Å². The van der Waals surface area contributed by atoms with Crippen molar-refractivity contribution in [1.82, 2.24) is 9.88 Å². The number of aliphatic imine (C=N–C) groups is 1. The van der Waals surface area contributed by atoms with Crippen LogP contribution in [0.5, 0.6) is 11.6 Å². The molecule has 4 aromatic rings. The first-order chi connectivity index (χ1) is 18.9. The Bertz CT molecular complexity index is 1770. The standard InChI is InChI=1S/C29H19N3O5S2/c33-26-24(38-28(35)31-26)12-17-6-8-20(9-7-17)32-27(34)25(39-29(32)36)13-19-15-30-23-11-10-21(14-22(19)23)37-16-18-4-2-1-3-5-18/h1-15,34H,16H2,(H,31,33,35). The summed E-state index contributed by atoms with van der Waals surface area (Å²) in [6.45, 7) is 0.435. The van der Waals surface area contributed by atoms with Gasteiger partial charge in [-0.25, -0.2) is 4.57 Å². The molecule has 0 unspecified atom stereocenters. The normalized spacial score (nSPS) is 16.2. The van der Waals surface area contributed by atoms with Crippen molar-refractivity contribution in [2.75, 3.05) is 0 Å². The molecule has 8 nitrogen and oxygen atoms in total. The van der Waals surface area contributed by atoms with E-state index in [1.807, 2.05) is 48.5 Å². The highest BCUT2D eigenvalue weighted by molar-refractivity contribution is 8.18. The molecule has 3 heterocycles. The summed E-state index contributed by atoms with van der Waals surface area (Å²) in [7, 11) is 0. The molecule has 39 heavy (non-hydrogen) atoms. The number of rotatable bonds is 6. The number of carbonyl (C=O) groups is 2. The van der Waals surface area contributed by atoms with Crippen LogP contribution in [0.2, 0.25) is 0 Å². The number of fused-ring (bicyclic) bond motifs is 1. The molecule has 2 aliphatic heterocycles. The molecule has 2 aliphatic rings. The number of hydrogen-bond donors (Lipinski definition) is 2. The van der Waals surface area contributed by atoms with Crippen molar-refractivity contribution in [3.63, 3.8) is 0 Å². The van der Waals surface area contributed by atoms with Crippen molar-refractivity contribution in [3.05, 3.63) is 109 Å². The van der Waals surface area contributed by atoms with Crippen LogP contribution in [0, 0.1) is 0 Å². The SMILES string of the molecule is O=C1NC(=O)C(=Cc2ccc(-n3c(O)c(C=C4C=Nc5ccc(OCc6ccccc6)cc54)sc3=O)cc2)S1. The number of ether oxygens (including phenoxy) is 1. The molecule has 6 rings (SSSR count). The Labute approximate surface area is 230 Å². The van der Waals surface area contributed by atoms with Gasteiger partial charge < -0.3 is 9.84 Å². The molecule has 0 aliphatic carbocycles. The molecule has 0 spiro atoms. The lowest BCUT2D eigenvalue weighted by molar-refractivity contribution is -0.115. The van der Waals surface area contributed by atoms with Crippen LogP contribution in [-0.2, 0) is 11.4 Å². The molecule has 0 atom stereocenters. The molecular weight excluding hydrogens is 534 g/mol. The second-order valence-corrected chi connectivity index (χ2v) is 10.7. The first kappa shape index (κ1) is 24.7. The number of aromatic nitrogens is 1. The van der Waals surface area contributed by atoms with E-state index in [1.54, 1.807) is 42.6 Å². The molecule has 3 aromatic carbocycles. The summed E-state index contributed by atoms with van der Waals surface area (Å²) in [5.41, 5.74) is 4.58. The summed E-state index contributed by atoms with van der Waals surface area (Å²) in [6.07, 6.45) is 5.03. The highest BCUT2D eigenvalue weighted by Gasteiger charge is 2.25. The summed E-state index contributed by atoms with van der Waals surface area (Å²) < 4.78 is 7.18. The number of thioether (sulfide) groups is 1. The summed E-state index contributed by atoms with van der Waals surface area (Å²) in [6, 6.07) is 22.3. The number of nitrogens with one attached hydrogen (secondary N) is 1. The van der Waals surface area contributed by atoms with Crippen LogP contribution < -0.4 is 14.9 Å². The molecule has 2 amide bonds. The van der Waals surface area contributed by atoms with Crippen molar-refractivity contribution >= 4 is 63.9 Å². The Morgan fingerprint density at radius 2 is 1.77 bits per heavy atom. The Morgan fingerprint density at radius 3 is 2.51 bits per heavy atom. The van der Waals surface area contributed by atoms with E-state index in [2.05, 4.69) is 10.3 Å². The Balaban J connectivity index is 1.25. The van der Waals surface area contributed by atoms with Crippen molar-refractivity contribution < 1.29 is 19.4 Å². The van der Waals surface area contributed by atoms with Gasteiger partial charge in [-0.05, 0) is 65.4 Å². The lowest BCUT2D eigenvalue weighted by Crippen LogP contribution is -2.17. The third kappa shape index (κ3) is 5.07. The lowest BCUT2D eigenvalue weighted by Gasteiger charge is -2.08. The summed E-state index contributed by atoms with van der Waals surface area (Å²) in [5.74, 6) is 0.0699. The molecule has 2 N–H and O–H groups in total. The smallest absolute Gasteiger partial charge is 0.315 e. The quantitative estimate of drug-likeness (QED) is 0.294. The van der Waals surface area contributed by atoms with Crippen molar-refractivity contribution in [2.24, 2.45) is 4.99 Å². The number of allylic oxidation sites excluding steroid dienone is 1. The van der Waals surface area contributed by atoms with E-state index in [1.165, 1.54) is 4.57 Å². The number of nitrogens with zero attached hydrogens (tertiary/aromatic N) is 2. The molecule has 0 bridgehead atoms. The third-order valence-electron chi connectivity index (χ3n) is 6.06. The van der Waals surface area contributed by atoms with Gasteiger partial charge in [-0.2, -0.15) is 0 Å². The van der Waals surface area contributed by atoms with Crippen molar-refractivity contribution in [1.29, 1.82) is 0 Å². The van der Waals surface area contributed by atoms with Crippen LogP contribution in [-0.4, -0.2) is 27.0 Å². The number of imide groups is 1. The number of carbonyl (C=O) groups excluding carboxylic acids is 2. The number of thiazole rings is 1. The molecule has 10 heteroatoms. The van der Waals surface area contributed by atoms with E-state index in [4.69, 9.17) is 4.74 Å². The van der Waals surface area contributed by atoms with Crippen molar-refractivity contribution in [3.8, 4) is 17.3 Å². The number of hydrogen-bond acceptors (Lipinski definition) is 8. The van der Waals surface area contributed by atoms with Gasteiger partial charge in [-0.1, -0.05) is 53.8 Å². The Hall–Kier alpha value is -4.67. The van der Waals surface area contributed by atoms with Crippen LogP contribution in [0.1, 0.15) is 21.6 Å². The fourth-order valence-electron chi connectivity index (χ4n) is 4.15. The van der Waals surface area contributed by atoms with Gasteiger partial charge in [0, 0.05) is 17.4 Å². The van der Waals surface area contributed by atoms with E-state index in [0.29, 0.717) is 33.4 Å². The maximum absolute atomic E-state index is 12.8. The highest BCUT2D eigenvalue weighted by atomic mass is 32.2. The molecular formula is C29H19N3O5S2. The predicted molar refractivity (Wildman–Crippen MR) is 154 cm³/mol. The van der Waals surface area contributed by atoms with Gasteiger partial charge in [0.2, 0.25) is 5.88 Å². The Kier molecular flexibility index (Phi) is 6.47. The third-order valence-corrected chi connectivity index (χ3v) is 7.75. The van der Waals surface area contributed by atoms with Crippen LogP contribution >= 0.6 is 23.1 Å². The summed E-state index contributed by atoms with van der Waals surface area (Å²) in [5, 5.41) is 12.8. The predicted octanol–water partition coefficient (Wildman–Crippen LogP) is 5.76. The fourth-order valence-corrected chi connectivity index (χ4v) is 5.67. The molecule has 1 saturated heterocycles. The number of aromatic hydroxyl groups is 1. The van der Waals surface area contributed by atoms with Crippen LogP contribution in [0.15, 0.2) is 87.5 Å². The van der Waals surface area contributed by atoms with Gasteiger partial charge in [0.15, 0.2) is 0 Å². The molecule has 1 fully saturated rings. The first-order valence-electron chi connectivity index (χ1n) is 11.8. The minimum atomic E-state index is -0.439. The largest absolute Gasteiger partial charge is 0.493 e. The summed E-state index contributed by atoms with van der Waals surface area (Å²) >= 11 is 1.76. The fraction of sp³-hybridized carbons (Fsp3) is 0.0345. The zero-order valence-electron chi connectivity index (χ0n) is 20.2. The topological polar surface area (TPSA) is 110 Å². The van der Waals surface area contributed by atoms with Crippen LogP contribution in [0.4, 0.5) is 10.5 Å². The van der Waals surface area contributed by atoms with Gasteiger partial charge in [-0.3, -0.25) is 24.7 Å². The zero-order chi connectivity index (χ0) is 26.9. The van der Waals surface area contributed by atoms with E-state index in [-0.39, 0.29) is 10.8 Å². The molecule has 1 aromatic heterocycles. The first-order valence-corrected chi connectivity index (χ1v) is 13.4. The average molecular weight is 554 g/mol. The van der Waals surface area contributed by atoms with Gasteiger partial charge in [0.25, 0.3) is 11.1 Å². The van der Waals surface area contributed by atoms with E-state index >= 15 is 0 Å². The minimum Gasteiger partial charge on any atom is -0.493 e. The van der Waals surface area contributed by atoms with E-state index in [9.17, 15) is 19.5 Å². The number of benzene rings is 3. The molecule has 192 valence electrons. The van der Waals surface area contributed by atoms with Crippen LogP contribution in [0.25, 0.3) is 23.4 Å². The number of amides is 2. The minimum absolute atomic E-state index is 0.182. The zero-order valence-corrected chi connectivity index (χ0v) is 21.8. The lowest BCUT2D eigenvalue weighted by atomic mass is 10.1. The second kappa shape index (κ2) is 10.2. The highest BCUT2D eigenvalue weighted by Crippen LogP contribution is 2.37.